The summed E-state index contributed by atoms with van der Waals surface area (Å²) >= 11 is 6.20. The van der Waals surface area contributed by atoms with Crippen molar-refractivity contribution in [3.8, 4) is 0 Å². The predicted octanol–water partition coefficient (Wildman–Crippen LogP) is 2.96. The Labute approximate surface area is 122 Å². The van der Waals surface area contributed by atoms with Gasteiger partial charge in [0.15, 0.2) is 13.8 Å². The van der Waals surface area contributed by atoms with Crippen LogP contribution in [0.5, 0.6) is 0 Å². The van der Waals surface area contributed by atoms with Gasteiger partial charge >= 0.3 is 0 Å². The van der Waals surface area contributed by atoms with E-state index in [4.69, 9.17) is 0 Å². The third-order valence-electron chi connectivity index (χ3n) is 1.88. The first kappa shape index (κ1) is 13.9. The number of nitrogens with zero attached hydrogens (tertiary/aromatic N) is 4. The number of nitrogens with one attached hydrogen (secondary N) is 1. The van der Waals surface area contributed by atoms with Crippen LogP contribution >= 0.6 is 46.6 Å². The van der Waals surface area contributed by atoms with Gasteiger partial charge in [-0.25, -0.2) is 9.97 Å². The Bertz CT molecular complexity index is 507. The Morgan fingerprint density at radius 1 is 1.11 bits per heavy atom. The number of aromatic nitrogens is 4. The monoisotopic (exact) mass is 317 g/mol. The maximum atomic E-state index is 4.44. The first-order valence-electron chi connectivity index (χ1n) is 4.91. The average molecular weight is 317 g/mol. The molecule has 96 valence electrons. The van der Waals surface area contributed by atoms with Crippen LogP contribution in [0.25, 0.3) is 0 Å². The molecule has 5 nitrogen and oxygen atoms in total. The maximum Gasteiger partial charge on any atom is 0.190 e. The Morgan fingerprint density at radius 2 is 1.89 bits per heavy atom. The summed E-state index contributed by atoms with van der Waals surface area (Å²) in [6.07, 6.45) is 3.95. The highest BCUT2D eigenvalue weighted by molar-refractivity contribution is 8.03. The van der Waals surface area contributed by atoms with Gasteiger partial charge in [-0.05, 0) is 24.3 Å². The molecule has 0 aliphatic rings. The van der Waals surface area contributed by atoms with Crippen LogP contribution in [0.2, 0.25) is 0 Å². The van der Waals surface area contributed by atoms with Gasteiger partial charge in [-0.2, -0.15) is 0 Å². The highest BCUT2D eigenvalue weighted by Crippen LogP contribution is 2.33. The predicted molar refractivity (Wildman–Crippen MR) is 79.2 cm³/mol. The third kappa shape index (κ3) is 3.50. The van der Waals surface area contributed by atoms with Gasteiger partial charge in [0.25, 0.3) is 0 Å². The number of anilines is 1. The zero-order chi connectivity index (χ0) is 13.0. The van der Waals surface area contributed by atoms with Gasteiger partial charge in [0, 0.05) is 13.1 Å². The zero-order valence-corrected chi connectivity index (χ0v) is 13.3. The van der Waals surface area contributed by atoms with Crippen molar-refractivity contribution < 1.29 is 0 Å². The van der Waals surface area contributed by atoms with E-state index < -0.39 is 0 Å². The van der Waals surface area contributed by atoms with E-state index in [0.717, 1.165) is 24.7 Å². The fourth-order valence-electron chi connectivity index (χ4n) is 1.09. The summed E-state index contributed by atoms with van der Waals surface area (Å²) in [6, 6.07) is 1.91. The Hall–Kier alpha value is -0.510. The van der Waals surface area contributed by atoms with Crippen molar-refractivity contribution in [1.29, 1.82) is 0 Å². The SMILES string of the molecule is CNc1cc(Sc2nnc(SC)s2)nc(SC)n1. The molecule has 0 aliphatic heterocycles. The molecule has 0 radical (unpaired) electrons. The Morgan fingerprint density at radius 3 is 2.50 bits per heavy atom. The van der Waals surface area contributed by atoms with Crippen LogP contribution in [-0.4, -0.2) is 39.7 Å². The Kier molecular flexibility index (Phi) is 5.10. The first-order valence-corrected chi connectivity index (χ1v) is 8.99. The molecule has 0 amide bonds. The quantitative estimate of drug-likeness (QED) is 0.513. The van der Waals surface area contributed by atoms with Gasteiger partial charge in [-0.15, -0.1) is 10.2 Å². The highest BCUT2D eigenvalue weighted by atomic mass is 32.2. The minimum atomic E-state index is 0.749. The molecule has 2 aromatic heterocycles. The molecule has 0 atom stereocenters. The zero-order valence-electron chi connectivity index (χ0n) is 10.00. The molecule has 0 aliphatic carbocycles. The molecule has 1 N–H and O–H groups in total. The number of hydrogen-bond donors (Lipinski definition) is 1. The summed E-state index contributed by atoms with van der Waals surface area (Å²) in [5.41, 5.74) is 0. The third-order valence-corrected chi connectivity index (χ3v) is 5.29. The van der Waals surface area contributed by atoms with E-state index in [-0.39, 0.29) is 0 Å². The van der Waals surface area contributed by atoms with Gasteiger partial charge in [0.2, 0.25) is 0 Å². The second kappa shape index (κ2) is 6.60. The van der Waals surface area contributed by atoms with Crippen LogP contribution in [0.3, 0.4) is 0 Å². The summed E-state index contributed by atoms with van der Waals surface area (Å²) in [7, 11) is 1.84. The molecule has 0 aromatic carbocycles. The summed E-state index contributed by atoms with van der Waals surface area (Å²) in [4.78, 5) is 8.76. The van der Waals surface area contributed by atoms with Crippen molar-refractivity contribution in [1.82, 2.24) is 20.2 Å². The normalized spacial score (nSPS) is 10.6. The lowest BCUT2D eigenvalue weighted by molar-refractivity contribution is 0.893. The van der Waals surface area contributed by atoms with Gasteiger partial charge in [-0.3, -0.25) is 0 Å². The van der Waals surface area contributed by atoms with Crippen LogP contribution in [-0.2, 0) is 0 Å². The molecule has 0 unspecified atom stereocenters. The number of hydrogen-bond acceptors (Lipinski definition) is 9. The largest absolute Gasteiger partial charge is 0.373 e. The second-order valence-corrected chi connectivity index (χ2v) is 7.04. The molecular weight excluding hydrogens is 306 g/mol. The topological polar surface area (TPSA) is 63.6 Å². The first-order chi connectivity index (χ1) is 8.75. The molecule has 18 heavy (non-hydrogen) atoms. The van der Waals surface area contributed by atoms with E-state index in [1.807, 2.05) is 25.6 Å². The molecule has 0 saturated carbocycles. The molecule has 9 heteroatoms. The molecule has 2 aromatic rings. The number of rotatable bonds is 5. The maximum absolute atomic E-state index is 4.44. The van der Waals surface area contributed by atoms with Crippen LogP contribution in [0.4, 0.5) is 5.82 Å². The molecule has 2 heterocycles. The fraction of sp³-hybridized carbons (Fsp3) is 0.333. The molecule has 0 bridgehead atoms. The molecule has 0 spiro atoms. The molecule has 0 saturated heterocycles. The summed E-state index contributed by atoms with van der Waals surface area (Å²) < 4.78 is 1.86. The highest BCUT2D eigenvalue weighted by Gasteiger charge is 2.09. The van der Waals surface area contributed by atoms with E-state index in [1.165, 1.54) is 23.5 Å². The van der Waals surface area contributed by atoms with E-state index >= 15 is 0 Å². The summed E-state index contributed by atoms with van der Waals surface area (Å²) in [5, 5.41) is 12.8. The summed E-state index contributed by atoms with van der Waals surface area (Å²) in [5.74, 6) is 0.812. The second-order valence-electron chi connectivity index (χ2n) is 2.97. The molecule has 2 rings (SSSR count). The van der Waals surface area contributed by atoms with Crippen LogP contribution in [0.1, 0.15) is 0 Å². The van der Waals surface area contributed by atoms with Crippen molar-refractivity contribution in [2.24, 2.45) is 0 Å². The van der Waals surface area contributed by atoms with Crippen molar-refractivity contribution in [3.63, 3.8) is 0 Å². The van der Waals surface area contributed by atoms with Gasteiger partial charge in [0.1, 0.15) is 10.8 Å². The van der Waals surface area contributed by atoms with Crippen molar-refractivity contribution in [2.75, 3.05) is 24.9 Å². The standard InChI is InChI=1S/C9H11N5S4/c1-10-5-4-6(12-7(11-5)15-2)17-9-14-13-8(16-3)18-9/h4H,1-3H3,(H,10,11,12). The van der Waals surface area contributed by atoms with E-state index in [1.54, 1.807) is 23.1 Å². The van der Waals surface area contributed by atoms with Gasteiger partial charge in [-0.1, -0.05) is 34.9 Å². The van der Waals surface area contributed by atoms with Crippen LogP contribution < -0.4 is 5.32 Å². The van der Waals surface area contributed by atoms with Gasteiger partial charge < -0.3 is 5.32 Å². The Balaban J connectivity index is 2.22. The summed E-state index contributed by atoms with van der Waals surface area (Å²) in [6.45, 7) is 0. The van der Waals surface area contributed by atoms with Crippen molar-refractivity contribution in [3.05, 3.63) is 6.07 Å². The van der Waals surface area contributed by atoms with Crippen LogP contribution in [0.15, 0.2) is 24.9 Å². The lowest BCUT2D eigenvalue weighted by Crippen LogP contribution is -1.96. The average Bonchev–Trinajstić information content (AvgIpc) is 2.85. The van der Waals surface area contributed by atoms with E-state index in [2.05, 4.69) is 25.5 Å². The lowest BCUT2D eigenvalue weighted by Gasteiger charge is -2.04. The minimum absolute atomic E-state index is 0.749. The van der Waals surface area contributed by atoms with Crippen LogP contribution in [0, 0.1) is 0 Å². The molecule has 0 fully saturated rings. The smallest absolute Gasteiger partial charge is 0.190 e. The van der Waals surface area contributed by atoms with E-state index in [9.17, 15) is 0 Å². The lowest BCUT2D eigenvalue weighted by atomic mass is 10.6. The van der Waals surface area contributed by atoms with Crippen molar-refractivity contribution >= 4 is 52.4 Å². The fourth-order valence-corrected chi connectivity index (χ4v) is 3.91. The molecular formula is C9H11N5S4. The van der Waals surface area contributed by atoms with Crippen molar-refractivity contribution in [2.45, 2.75) is 18.9 Å². The minimum Gasteiger partial charge on any atom is -0.373 e. The number of thioether (sulfide) groups is 2. The van der Waals surface area contributed by atoms with E-state index in [0.29, 0.717) is 0 Å². The van der Waals surface area contributed by atoms with Gasteiger partial charge in [0.05, 0.1) is 0 Å².